The van der Waals surface area contributed by atoms with Crippen molar-refractivity contribution in [2.45, 2.75) is 51.4 Å². The fraction of sp³-hybridized carbons (Fsp3) is 0.424. The molecule has 0 radical (unpaired) electrons. The lowest BCUT2D eigenvalue weighted by molar-refractivity contribution is -0.409. The maximum absolute atomic E-state index is 13.0. The number of nitro benzene ring substituents is 1. The van der Waals surface area contributed by atoms with Crippen LogP contribution >= 0.6 is 0 Å². The molecule has 0 fully saturated rings. The Morgan fingerprint density at radius 1 is 0.978 bits per heavy atom. The first-order valence-corrected chi connectivity index (χ1v) is 15.1. The van der Waals surface area contributed by atoms with E-state index in [4.69, 9.17) is 33.2 Å². The van der Waals surface area contributed by atoms with Crippen LogP contribution in [0, 0.1) is 21.2 Å². The van der Waals surface area contributed by atoms with E-state index in [0.717, 1.165) is 23.3 Å². The second kappa shape index (κ2) is 14.5. The molecule has 0 saturated carbocycles. The van der Waals surface area contributed by atoms with Crippen molar-refractivity contribution in [2.75, 3.05) is 35.0 Å². The van der Waals surface area contributed by atoms with E-state index in [1.165, 1.54) is 33.5 Å². The van der Waals surface area contributed by atoms with Crippen LogP contribution in [0.25, 0.3) is 0 Å². The van der Waals surface area contributed by atoms with Gasteiger partial charge < -0.3 is 42.9 Å². The number of nitro groups is 1. The standard InChI is InChI=1S/C33H39N3O10/c1-6-21(13-15-44-28-9-7-8-25-24(28)19-34-14-12-29(40-2)27(34)20-35(25)37)45-22-10-11-30(26(16-22)36(38)39)46-23-17-31(41-3)33(43-5)32(18-23)42-4/h8,10-12,14,16-18,20-21,24,28H,6-7,9,13,15,19H2,1-5H3/t21?,24-,28?/m0/s1. The lowest BCUT2D eigenvalue weighted by atomic mass is 9.89. The molecule has 0 spiro atoms. The smallest absolute Gasteiger partial charge is 0.315 e. The SMILES string of the molecule is CCC(CCOC1CCC=C2[C@@H]1Cn1ccc(OC)c1C=[N+]2[O-])Oc1ccc(Oc2cc(OC)c(OC)c(OC)c2)c([N+](=O)[O-])c1. The number of hydrogen-bond acceptors (Lipinski definition) is 10. The van der Waals surface area contributed by atoms with Crippen LogP contribution < -0.4 is 28.4 Å². The van der Waals surface area contributed by atoms with Crippen LogP contribution in [0.3, 0.4) is 0 Å². The minimum atomic E-state index is -0.520. The summed E-state index contributed by atoms with van der Waals surface area (Å²) in [5.74, 6) is 2.27. The normalized spacial score (nSPS) is 17.8. The van der Waals surface area contributed by atoms with Crippen LogP contribution in [0.2, 0.25) is 0 Å². The van der Waals surface area contributed by atoms with Gasteiger partial charge in [-0.25, -0.2) is 0 Å². The van der Waals surface area contributed by atoms with Crippen molar-refractivity contribution in [3.63, 3.8) is 0 Å². The predicted octanol–water partition coefficient (Wildman–Crippen LogP) is 6.09. The average Bonchev–Trinajstić information content (AvgIpc) is 3.38. The third kappa shape index (κ3) is 6.84. The molecule has 0 N–H and O–H groups in total. The molecule has 0 bridgehead atoms. The molecule has 3 atom stereocenters. The van der Waals surface area contributed by atoms with Crippen molar-refractivity contribution >= 4 is 11.9 Å². The highest BCUT2D eigenvalue weighted by atomic mass is 16.6. The molecule has 13 nitrogen and oxygen atoms in total. The van der Waals surface area contributed by atoms with E-state index < -0.39 is 4.92 Å². The molecule has 2 heterocycles. The molecule has 3 aromatic rings. The topological polar surface area (TPSA) is 139 Å². The summed E-state index contributed by atoms with van der Waals surface area (Å²) >= 11 is 0. The van der Waals surface area contributed by atoms with E-state index in [2.05, 4.69) is 0 Å². The van der Waals surface area contributed by atoms with Crippen LogP contribution in [0.5, 0.6) is 40.2 Å². The molecule has 13 heteroatoms. The first-order valence-electron chi connectivity index (χ1n) is 15.1. The highest BCUT2D eigenvalue weighted by Gasteiger charge is 2.37. The average molecular weight is 638 g/mol. The second-order valence-corrected chi connectivity index (χ2v) is 10.9. The number of methoxy groups -OCH3 is 4. The molecule has 1 aromatic heterocycles. The highest BCUT2D eigenvalue weighted by molar-refractivity contribution is 5.78. The maximum Gasteiger partial charge on any atom is 0.315 e. The van der Waals surface area contributed by atoms with Gasteiger partial charge in [-0.15, -0.1) is 0 Å². The molecule has 2 aromatic carbocycles. The summed E-state index contributed by atoms with van der Waals surface area (Å²) in [6.45, 7) is 2.99. The Hall–Kier alpha value is -4.91. The van der Waals surface area contributed by atoms with Crippen molar-refractivity contribution in [1.82, 2.24) is 4.57 Å². The molecule has 2 unspecified atom stereocenters. The molecule has 0 saturated heterocycles. The number of hydroxylamine groups is 1. The second-order valence-electron chi connectivity index (χ2n) is 10.9. The minimum absolute atomic E-state index is 0.0284. The zero-order valence-electron chi connectivity index (χ0n) is 26.6. The lowest BCUT2D eigenvalue weighted by Crippen LogP contribution is -2.34. The van der Waals surface area contributed by atoms with E-state index in [0.29, 0.717) is 60.4 Å². The van der Waals surface area contributed by atoms with Gasteiger partial charge in [-0.2, -0.15) is 4.74 Å². The van der Waals surface area contributed by atoms with E-state index in [1.807, 2.05) is 29.8 Å². The van der Waals surface area contributed by atoms with E-state index >= 15 is 0 Å². The number of fused-ring (bicyclic) bond motifs is 2. The quantitative estimate of drug-likeness (QED) is 0.0883. The van der Waals surface area contributed by atoms with Crippen LogP contribution in [0.4, 0.5) is 5.69 Å². The molecule has 2 aliphatic rings. The summed E-state index contributed by atoms with van der Waals surface area (Å²) in [6.07, 6.45) is 7.86. The van der Waals surface area contributed by atoms with Gasteiger partial charge in [0.15, 0.2) is 17.2 Å². The Morgan fingerprint density at radius 2 is 1.72 bits per heavy atom. The van der Waals surface area contributed by atoms with E-state index in [1.54, 1.807) is 31.5 Å². The van der Waals surface area contributed by atoms with Crippen molar-refractivity contribution in [3.05, 3.63) is 75.4 Å². The minimum Gasteiger partial charge on any atom is -0.618 e. The largest absolute Gasteiger partial charge is 0.618 e. The summed E-state index contributed by atoms with van der Waals surface area (Å²) < 4.78 is 42.9. The first-order chi connectivity index (χ1) is 22.3. The number of allylic oxidation sites excluding steroid dienone is 1. The number of benzene rings is 2. The third-order valence-electron chi connectivity index (χ3n) is 8.23. The van der Waals surface area contributed by atoms with Crippen LogP contribution in [0.1, 0.15) is 38.3 Å². The number of aromatic nitrogens is 1. The molecule has 1 aliphatic carbocycles. The van der Waals surface area contributed by atoms with Gasteiger partial charge in [0.05, 0.1) is 58.1 Å². The monoisotopic (exact) mass is 637 g/mol. The van der Waals surface area contributed by atoms with E-state index in [9.17, 15) is 15.3 Å². The number of rotatable bonds is 14. The van der Waals surface area contributed by atoms with Gasteiger partial charge in [0.25, 0.3) is 0 Å². The predicted molar refractivity (Wildman–Crippen MR) is 169 cm³/mol. The Labute approximate surface area is 267 Å². The van der Waals surface area contributed by atoms with Gasteiger partial charge in [-0.1, -0.05) is 6.92 Å². The molecular weight excluding hydrogens is 598 g/mol. The summed E-state index contributed by atoms with van der Waals surface area (Å²) in [5, 5.41) is 25.0. The van der Waals surface area contributed by atoms with E-state index in [-0.39, 0.29) is 35.3 Å². The number of hydrogen-bond donors (Lipinski definition) is 0. The maximum atomic E-state index is 13.0. The Bertz CT molecular complexity index is 1590. The molecule has 246 valence electrons. The molecular formula is C33H39N3O10. The highest BCUT2D eigenvalue weighted by Crippen LogP contribution is 2.43. The van der Waals surface area contributed by atoms with Crippen molar-refractivity contribution < 1.29 is 42.8 Å². The fourth-order valence-corrected chi connectivity index (χ4v) is 5.87. The van der Waals surface area contributed by atoms with Crippen LogP contribution in [-0.2, 0) is 11.3 Å². The summed E-state index contributed by atoms with van der Waals surface area (Å²) in [6, 6.07) is 9.46. The third-order valence-corrected chi connectivity index (χ3v) is 8.23. The summed E-state index contributed by atoms with van der Waals surface area (Å²) in [4.78, 5) is 11.5. The molecule has 5 rings (SSSR count). The van der Waals surface area contributed by atoms with Crippen molar-refractivity contribution in [2.24, 2.45) is 5.92 Å². The zero-order valence-corrected chi connectivity index (χ0v) is 26.6. The Balaban J connectivity index is 1.24. The van der Waals surface area contributed by atoms with Gasteiger partial charge in [-0.05, 0) is 43.5 Å². The molecule has 46 heavy (non-hydrogen) atoms. The van der Waals surface area contributed by atoms with Gasteiger partial charge >= 0.3 is 5.69 Å². The van der Waals surface area contributed by atoms with Crippen molar-refractivity contribution in [1.29, 1.82) is 0 Å². The fourth-order valence-electron chi connectivity index (χ4n) is 5.87. The van der Waals surface area contributed by atoms with Gasteiger partial charge in [0, 0.05) is 31.3 Å². The first kappa shape index (κ1) is 32.5. The number of nitrogens with zero attached hydrogens (tertiary/aromatic N) is 3. The van der Waals surface area contributed by atoms with Crippen LogP contribution in [-0.4, -0.2) is 67.7 Å². The number of ether oxygens (including phenoxy) is 7. The molecule has 0 amide bonds. The summed E-state index contributed by atoms with van der Waals surface area (Å²) in [7, 11) is 6.02. The van der Waals surface area contributed by atoms with Gasteiger partial charge in [0.1, 0.15) is 29.0 Å². The molecule has 1 aliphatic heterocycles. The zero-order chi connectivity index (χ0) is 32.8. The summed E-state index contributed by atoms with van der Waals surface area (Å²) in [5.41, 5.74) is 1.18. The van der Waals surface area contributed by atoms with Crippen LogP contribution in [0.15, 0.2) is 54.4 Å². The van der Waals surface area contributed by atoms with Gasteiger partial charge in [-0.3, -0.25) is 10.1 Å². The lowest BCUT2D eigenvalue weighted by Gasteiger charge is -2.30. The Morgan fingerprint density at radius 3 is 2.37 bits per heavy atom. The van der Waals surface area contributed by atoms with Crippen molar-refractivity contribution in [3.8, 4) is 40.2 Å². The Kier molecular flexibility index (Phi) is 10.2. The van der Waals surface area contributed by atoms with Gasteiger partial charge in [0.2, 0.25) is 17.7 Å².